The molecule has 1 heterocycles. The van der Waals surface area contributed by atoms with Gasteiger partial charge in [0, 0.05) is 22.0 Å². The fourth-order valence-electron chi connectivity index (χ4n) is 3.12. The molecule has 4 rings (SSSR count). The Morgan fingerprint density at radius 2 is 1.62 bits per heavy atom. The normalized spacial score (nSPS) is 10.8. The van der Waals surface area contributed by atoms with E-state index < -0.39 is 5.63 Å². The smallest absolute Gasteiger partial charge is 0.344 e. The van der Waals surface area contributed by atoms with Gasteiger partial charge in [0.05, 0.1) is 12.7 Å². The molecule has 0 saturated heterocycles. The van der Waals surface area contributed by atoms with Crippen LogP contribution in [0.15, 0.2) is 82.0 Å². The maximum atomic E-state index is 12.9. The summed E-state index contributed by atoms with van der Waals surface area (Å²) in [6.07, 6.45) is 0. The number of fused-ring (bicyclic) bond motifs is 1. The second-order valence-corrected chi connectivity index (χ2v) is 6.31. The molecule has 0 aliphatic carbocycles. The average molecular weight is 363 g/mol. The van der Waals surface area contributed by atoms with E-state index in [1.165, 1.54) is 0 Å². The summed E-state index contributed by atoms with van der Waals surface area (Å²) < 4.78 is 10.9. The van der Waals surface area contributed by atoms with Crippen LogP contribution < -0.4 is 10.4 Å². The van der Waals surface area contributed by atoms with Crippen LogP contribution in [-0.2, 0) is 0 Å². The van der Waals surface area contributed by atoms with Crippen LogP contribution >= 0.6 is 11.6 Å². The minimum Gasteiger partial charge on any atom is -0.497 e. The van der Waals surface area contributed by atoms with Crippen LogP contribution in [0.2, 0.25) is 5.02 Å². The van der Waals surface area contributed by atoms with Gasteiger partial charge in [-0.25, -0.2) is 4.79 Å². The van der Waals surface area contributed by atoms with Gasteiger partial charge in [-0.1, -0.05) is 54.1 Å². The summed E-state index contributed by atoms with van der Waals surface area (Å²) in [5, 5.41) is 1.40. The molecule has 0 saturated carbocycles. The number of hydrogen-bond acceptors (Lipinski definition) is 3. The minimum atomic E-state index is -0.410. The monoisotopic (exact) mass is 362 g/mol. The summed E-state index contributed by atoms with van der Waals surface area (Å²) in [5.41, 5.74) is 3.05. The number of methoxy groups -OCH3 is 1. The molecular formula is C22H15ClO3. The Morgan fingerprint density at radius 3 is 2.35 bits per heavy atom. The number of ether oxygens (including phenoxy) is 1. The van der Waals surface area contributed by atoms with E-state index in [9.17, 15) is 4.79 Å². The van der Waals surface area contributed by atoms with Gasteiger partial charge < -0.3 is 9.15 Å². The fourth-order valence-corrected chi connectivity index (χ4v) is 3.31. The van der Waals surface area contributed by atoms with Gasteiger partial charge >= 0.3 is 5.63 Å². The van der Waals surface area contributed by atoms with E-state index >= 15 is 0 Å². The van der Waals surface area contributed by atoms with Crippen molar-refractivity contribution in [2.24, 2.45) is 0 Å². The molecule has 0 unspecified atom stereocenters. The van der Waals surface area contributed by atoms with E-state index in [2.05, 4.69) is 0 Å². The highest BCUT2D eigenvalue weighted by Crippen LogP contribution is 2.37. The van der Waals surface area contributed by atoms with Crippen LogP contribution in [0.4, 0.5) is 0 Å². The fraction of sp³-hybridized carbons (Fsp3) is 0.0455. The van der Waals surface area contributed by atoms with E-state index in [0.717, 1.165) is 22.1 Å². The molecule has 4 heteroatoms. The van der Waals surface area contributed by atoms with Gasteiger partial charge in [-0.2, -0.15) is 0 Å². The zero-order chi connectivity index (χ0) is 18.1. The van der Waals surface area contributed by atoms with E-state index in [4.69, 9.17) is 20.8 Å². The average Bonchev–Trinajstić information content (AvgIpc) is 2.67. The van der Waals surface area contributed by atoms with Crippen molar-refractivity contribution in [2.75, 3.05) is 7.11 Å². The molecule has 0 bridgehead atoms. The van der Waals surface area contributed by atoms with Gasteiger partial charge in [0.1, 0.15) is 11.3 Å². The zero-order valence-corrected chi connectivity index (χ0v) is 14.8. The molecule has 0 aliphatic rings. The lowest BCUT2D eigenvalue weighted by Crippen LogP contribution is -2.06. The minimum absolute atomic E-state index is 0.410. The molecule has 4 aromatic rings. The first-order valence-electron chi connectivity index (χ1n) is 8.13. The molecule has 0 amide bonds. The second kappa shape index (κ2) is 6.70. The molecule has 128 valence electrons. The summed E-state index contributed by atoms with van der Waals surface area (Å²) >= 11 is 6.15. The summed E-state index contributed by atoms with van der Waals surface area (Å²) in [4.78, 5) is 12.9. The predicted molar refractivity (Wildman–Crippen MR) is 105 cm³/mol. The molecule has 1 aromatic heterocycles. The first-order valence-corrected chi connectivity index (χ1v) is 8.51. The third-order valence-corrected chi connectivity index (χ3v) is 4.53. The Hall–Kier alpha value is -3.04. The van der Waals surface area contributed by atoms with Crippen molar-refractivity contribution in [2.45, 2.75) is 0 Å². The third-order valence-electron chi connectivity index (χ3n) is 4.29. The summed E-state index contributed by atoms with van der Waals surface area (Å²) in [6.45, 7) is 0. The molecule has 0 atom stereocenters. The van der Waals surface area contributed by atoms with E-state index in [-0.39, 0.29) is 0 Å². The molecule has 0 fully saturated rings. The van der Waals surface area contributed by atoms with Crippen molar-refractivity contribution in [1.82, 2.24) is 0 Å². The number of rotatable bonds is 3. The largest absolute Gasteiger partial charge is 0.497 e. The quantitative estimate of drug-likeness (QED) is 0.433. The van der Waals surface area contributed by atoms with Crippen LogP contribution in [0.1, 0.15) is 0 Å². The lowest BCUT2D eigenvalue weighted by atomic mass is 9.93. The Balaban J connectivity index is 2.14. The van der Waals surface area contributed by atoms with Crippen LogP contribution in [-0.4, -0.2) is 7.11 Å². The standard InChI is InChI=1S/C22H15ClO3/c1-25-17-10-11-18-19(13-17)26-22(24)21(15-8-5-9-16(23)12-15)20(18)14-6-3-2-4-7-14/h2-13H,1H3. The van der Waals surface area contributed by atoms with Crippen molar-refractivity contribution in [1.29, 1.82) is 0 Å². The Labute approximate surface area is 155 Å². The highest BCUT2D eigenvalue weighted by atomic mass is 35.5. The highest BCUT2D eigenvalue weighted by molar-refractivity contribution is 6.30. The molecule has 3 aromatic carbocycles. The maximum absolute atomic E-state index is 12.9. The van der Waals surface area contributed by atoms with Crippen LogP contribution in [0.3, 0.4) is 0 Å². The van der Waals surface area contributed by atoms with Crippen LogP contribution in [0, 0.1) is 0 Å². The highest BCUT2D eigenvalue weighted by Gasteiger charge is 2.18. The molecule has 0 radical (unpaired) electrons. The first kappa shape index (κ1) is 16.4. The van der Waals surface area contributed by atoms with Crippen molar-refractivity contribution < 1.29 is 9.15 Å². The van der Waals surface area contributed by atoms with Crippen molar-refractivity contribution in [3.63, 3.8) is 0 Å². The number of halogens is 1. The van der Waals surface area contributed by atoms with Crippen molar-refractivity contribution in [3.8, 4) is 28.0 Å². The van der Waals surface area contributed by atoms with Gasteiger partial charge in [0.15, 0.2) is 0 Å². The predicted octanol–water partition coefficient (Wildman–Crippen LogP) is 5.79. The molecule has 3 nitrogen and oxygen atoms in total. The van der Waals surface area contributed by atoms with E-state index in [1.807, 2.05) is 54.6 Å². The van der Waals surface area contributed by atoms with Gasteiger partial charge in [-0.05, 0) is 35.4 Å². The van der Waals surface area contributed by atoms with Crippen molar-refractivity contribution in [3.05, 3.63) is 88.2 Å². The third kappa shape index (κ3) is 2.87. The number of benzene rings is 3. The SMILES string of the molecule is COc1ccc2c(-c3ccccc3)c(-c3cccc(Cl)c3)c(=O)oc2c1. The lowest BCUT2D eigenvalue weighted by Gasteiger charge is -2.13. The molecular weight excluding hydrogens is 348 g/mol. The van der Waals surface area contributed by atoms with E-state index in [1.54, 1.807) is 25.3 Å². The van der Waals surface area contributed by atoms with Gasteiger partial charge in [0.25, 0.3) is 0 Å². The zero-order valence-electron chi connectivity index (χ0n) is 14.0. The lowest BCUT2D eigenvalue weighted by molar-refractivity contribution is 0.414. The second-order valence-electron chi connectivity index (χ2n) is 5.88. The van der Waals surface area contributed by atoms with Gasteiger partial charge in [-0.15, -0.1) is 0 Å². The van der Waals surface area contributed by atoms with Gasteiger partial charge in [-0.3, -0.25) is 0 Å². The van der Waals surface area contributed by atoms with Crippen molar-refractivity contribution >= 4 is 22.6 Å². The van der Waals surface area contributed by atoms with Crippen LogP contribution in [0.25, 0.3) is 33.2 Å². The van der Waals surface area contributed by atoms with E-state index in [0.29, 0.717) is 21.9 Å². The van der Waals surface area contributed by atoms with Gasteiger partial charge in [0.2, 0.25) is 0 Å². The topological polar surface area (TPSA) is 39.4 Å². The number of hydrogen-bond donors (Lipinski definition) is 0. The molecule has 0 spiro atoms. The summed E-state index contributed by atoms with van der Waals surface area (Å²) in [6, 6.07) is 22.5. The first-order chi connectivity index (χ1) is 12.7. The summed E-state index contributed by atoms with van der Waals surface area (Å²) in [5.74, 6) is 0.634. The Kier molecular flexibility index (Phi) is 4.23. The molecule has 0 aliphatic heterocycles. The maximum Gasteiger partial charge on any atom is 0.344 e. The summed E-state index contributed by atoms with van der Waals surface area (Å²) in [7, 11) is 1.58. The molecule has 26 heavy (non-hydrogen) atoms. The molecule has 0 N–H and O–H groups in total. The Bertz CT molecular complexity index is 1150. The van der Waals surface area contributed by atoms with Crippen LogP contribution in [0.5, 0.6) is 5.75 Å². The Morgan fingerprint density at radius 1 is 0.846 bits per heavy atom.